The molecule has 4 heteroatoms. The topological polar surface area (TPSA) is 35.2 Å². The lowest BCUT2D eigenvalue weighted by atomic mass is 9.99. The Hall–Kier alpha value is -8.91. The first-order valence-corrected chi connectivity index (χ1v) is 21.9. The van der Waals surface area contributed by atoms with Crippen molar-refractivity contribution in [1.82, 2.24) is 4.57 Å². The molecule has 0 amide bonds. The van der Waals surface area contributed by atoms with Crippen LogP contribution in [0.3, 0.4) is 0 Å². The molecule has 0 bridgehead atoms. The zero-order chi connectivity index (χ0) is 43.5. The maximum atomic E-state index is 9.84. The molecular weight excluding hydrogens is 789 g/mol. The quantitative estimate of drug-likeness (QED) is 0.138. The van der Waals surface area contributed by atoms with Crippen molar-refractivity contribution in [3.8, 4) is 45.1 Å². The summed E-state index contributed by atoms with van der Waals surface area (Å²) < 4.78 is 2.36. The van der Waals surface area contributed by atoms with Gasteiger partial charge in [-0.15, -0.1) is 0 Å². The van der Waals surface area contributed by atoms with Crippen LogP contribution in [0, 0.1) is 11.3 Å². The Labute approximate surface area is 379 Å². The Bertz CT molecular complexity index is 3180. The lowest BCUT2D eigenvalue weighted by molar-refractivity contribution is 1.18. The highest BCUT2D eigenvalue weighted by atomic mass is 15.1. The van der Waals surface area contributed by atoms with Crippen molar-refractivity contribution >= 4 is 55.9 Å². The molecule has 11 aromatic rings. The normalized spacial score (nSPS) is 11.1. The maximum Gasteiger partial charge on any atom is 0.0998 e. The highest BCUT2D eigenvalue weighted by Crippen LogP contribution is 2.41. The lowest BCUT2D eigenvalue weighted by Crippen LogP contribution is -2.09. The van der Waals surface area contributed by atoms with E-state index in [0.29, 0.717) is 5.56 Å². The summed E-state index contributed by atoms with van der Waals surface area (Å²) >= 11 is 0. The number of nitrogens with zero attached hydrogens (tertiary/aromatic N) is 4. The summed E-state index contributed by atoms with van der Waals surface area (Å²) in [5.74, 6) is 0. The third kappa shape index (κ3) is 7.48. The molecule has 11 rings (SSSR count). The first-order chi connectivity index (χ1) is 32.2. The van der Waals surface area contributed by atoms with Crippen LogP contribution >= 0.6 is 0 Å². The molecule has 0 aliphatic heterocycles. The molecular formula is C61H42N4. The summed E-state index contributed by atoms with van der Waals surface area (Å²) in [6.07, 6.45) is 0. The van der Waals surface area contributed by atoms with Crippen LogP contribution in [0.1, 0.15) is 5.56 Å². The number of benzene rings is 10. The van der Waals surface area contributed by atoms with Gasteiger partial charge < -0.3 is 14.4 Å². The fourth-order valence-electron chi connectivity index (χ4n) is 9.09. The molecule has 0 N–H and O–H groups in total. The van der Waals surface area contributed by atoms with Gasteiger partial charge in [-0.3, -0.25) is 0 Å². The second-order valence-corrected chi connectivity index (χ2v) is 16.1. The van der Waals surface area contributed by atoms with Crippen molar-refractivity contribution in [3.05, 3.63) is 260 Å². The molecule has 0 fully saturated rings. The van der Waals surface area contributed by atoms with Crippen LogP contribution in [0.15, 0.2) is 255 Å². The van der Waals surface area contributed by atoms with Gasteiger partial charge in [0.25, 0.3) is 0 Å². The molecule has 0 aliphatic rings. The first kappa shape index (κ1) is 39.0. The van der Waals surface area contributed by atoms with Gasteiger partial charge in [0.15, 0.2) is 0 Å². The monoisotopic (exact) mass is 830 g/mol. The van der Waals surface area contributed by atoms with E-state index in [9.17, 15) is 5.26 Å². The van der Waals surface area contributed by atoms with Gasteiger partial charge in [0.05, 0.1) is 22.7 Å². The van der Waals surface area contributed by atoms with Gasteiger partial charge in [0.1, 0.15) is 0 Å². The zero-order valence-electron chi connectivity index (χ0n) is 35.5. The second-order valence-electron chi connectivity index (χ2n) is 16.1. The number of nitriles is 1. The van der Waals surface area contributed by atoms with Crippen molar-refractivity contribution in [2.75, 3.05) is 9.80 Å². The number of aromatic nitrogens is 1. The number of fused-ring (bicyclic) bond motifs is 3. The molecule has 4 nitrogen and oxygen atoms in total. The average molecular weight is 831 g/mol. The fraction of sp³-hybridized carbons (Fsp3) is 0. The second kappa shape index (κ2) is 17.1. The van der Waals surface area contributed by atoms with E-state index in [0.717, 1.165) is 84.2 Å². The molecule has 0 aliphatic carbocycles. The summed E-state index contributed by atoms with van der Waals surface area (Å²) in [5.41, 5.74) is 17.1. The predicted octanol–water partition coefficient (Wildman–Crippen LogP) is 16.6. The smallest absolute Gasteiger partial charge is 0.0998 e. The summed E-state index contributed by atoms with van der Waals surface area (Å²) in [4.78, 5) is 4.58. The van der Waals surface area contributed by atoms with Gasteiger partial charge in [0, 0.05) is 50.6 Å². The molecule has 1 aromatic heterocycles. The molecule has 0 radical (unpaired) electrons. The standard InChI is InChI=1S/C61H42N4/c62-43-49-15-13-14-24-57(49)46-29-37-56(38-30-46)65-60-39-31-47(44-25-33-54(34-26-44)63(50-16-5-1-6-17-50)51-18-7-2-8-19-51)41-58(60)59-42-48(32-40-61(59)65)45-27-35-55(36-28-45)64(52-20-9-3-10-21-52)53-22-11-4-12-23-53/h1-42H. The van der Waals surface area contributed by atoms with Crippen molar-refractivity contribution in [2.24, 2.45) is 0 Å². The lowest BCUT2D eigenvalue weighted by Gasteiger charge is -2.25. The van der Waals surface area contributed by atoms with Gasteiger partial charge in [0.2, 0.25) is 0 Å². The molecule has 65 heavy (non-hydrogen) atoms. The summed E-state index contributed by atoms with van der Waals surface area (Å²) in [7, 11) is 0. The third-order valence-corrected chi connectivity index (χ3v) is 12.2. The molecule has 10 aromatic carbocycles. The van der Waals surface area contributed by atoms with E-state index in [-0.39, 0.29) is 0 Å². The van der Waals surface area contributed by atoms with Crippen molar-refractivity contribution in [1.29, 1.82) is 5.26 Å². The Kier molecular flexibility index (Phi) is 10.3. The number of rotatable bonds is 10. The average Bonchev–Trinajstić information content (AvgIpc) is 3.71. The minimum atomic E-state index is 0.666. The van der Waals surface area contributed by atoms with Crippen LogP contribution in [0.4, 0.5) is 34.1 Å². The van der Waals surface area contributed by atoms with E-state index in [1.165, 1.54) is 10.8 Å². The van der Waals surface area contributed by atoms with E-state index >= 15 is 0 Å². The van der Waals surface area contributed by atoms with Gasteiger partial charge >= 0.3 is 0 Å². The minimum absolute atomic E-state index is 0.666. The summed E-state index contributed by atoms with van der Waals surface area (Å²) in [5, 5.41) is 12.2. The molecule has 0 saturated carbocycles. The van der Waals surface area contributed by atoms with Crippen LogP contribution in [0.2, 0.25) is 0 Å². The van der Waals surface area contributed by atoms with Crippen molar-refractivity contribution in [3.63, 3.8) is 0 Å². The van der Waals surface area contributed by atoms with E-state index in [1.54, 1.807) is 0 Å². The number of anilines is 6. The van der Waals surface area contributed by atoms with Gasteiger partial charge in [-0.25, -0.2) is 0 Å². The molecule has 0 unspecified atom stereocenters. The highest BCUT2D eigenvalue weighted by molar-refractivity contribution is 6.11. The molecule has 1 heterocycles. The Morgan fingerprint density at radius 2 is 0.646 bits per heavy atom. The zero-order valence-corrected chi connectivity index (χ0v) is 35.5. The maximum absolute atomic E-state index is 9.84. The van der Waals surface area contributed by atoms with Crippen LogP contribution in [0.5, 0.6) is 0 Å². The van der Waals surface area contributed by atoms with Gasteiger partial charge in [-0.2, -0.15) is 5.26 Å². The largest absolute Gasteiger partial charge is 0.311 e. The predicted molar refractivity (Wildman–Crippen MR) is 271 cm³/mol. The molecule has 0 saturated heterocycles. The van der Waals surface area contributed by atoms with Crippen LogP contribution in [-0.4, -0.2) is 4.57 Å². The Morgan fingerprint density at radius 3 is 1.05 bits per heavy atom. The highest BCUT2D eigenvalue weighted by Gasteiger charge is 2.18. The van der Waals surface area contributed by atoms with Gasteiger partial charge in [-0.1, -0.05) is 140 Å². The number of hydrogen-bond acceptors (Lipinski definition) is 3. The molecule has 0 atom stereocenters. The Balaban J connectivity index is 1.01. The Morgan fingerprint density at radius 1 is 0.308 bits per heavy atom. The van der Waals surface area contributed by atoms with E-state index in [1.807, 2.05) is 24.3 Å². The fourth-order valence-corrected chi connectivity index (χ4v) is 9.09. The van der Waals surface area contributed by atoms with Crippen molar-refractivity contribution in [2.45, 2.75) is 0 Å². The van der Waals surface area contributed by atoms with Crippen molar-refractivity contribution < 1.29 is 0 Å². The van der Waals surface area contributed by atoms with Crippen LogP contribution in [-0.2, 0) is 0 Å². The molecule has 306 valence electrons. The summed E-state index contributed by atoms with van der Waals surface area (Å²) in [6, 6.07) is 92.2. The first-order valence-electron chi connectivity index (χ1n) is 21.9. The van der Waals surface area contributed by atoms with E-state index < -0.39 is 0 Å². The molecule has 0 spiro atoms. The SMILES string of the molecule is N#Cc1ccccc1-c1ccc(-n2c3ccc(-c4ccc(N(c5ccccc5)c5ccccc5)cc4)cc3c3cc(-c4ccc(N(c5ccccc5)c5ccccc5)cc4)ccc32)cc1. The number of para-hydroxylation sites is 4. The van der Waals surface area contributed by atoms with Gasteiger partial charge in [-0.05, 0) is 149 Å². The van der Waals surface area contributed by atoms with Crippen LogP contribution < -0.4 is 9.80 Å². The minimum Gasteiger partial charge on any atom is -0.311 e. The number of hydrogen-bond donors (Lipinski definition) is 0. The van der Waals surface area contributed by atoms with Crippen LogP contribution in [0.25, 0.3) is 60.9 Å². The summed E-state index contributed by atoms with van der Waals surface area (Å²) in [6.45, 7) is 0. The van der Waals surface area contributed by atoms with E-state index in [2.05, 4.69) is 251 Å². The third-order valence-electron chi connectivity index (χ3n) is 12.2. The van der Waals surface area contributed by atoms with E-state index in [4.69, 9.17) is 0 Å².